The highest BCUT2D eigenvalue weighted by Gasteiger charge is 2.24. The first-order valence-corrected chi connectivity index (χ1v) is 4.89. The maximum Gasteiger partial charge on any atom is 0.245 e. The molecule has 1 fully saturated rings. The molecule has 2 unspecified atom stereocenters. The molecule has 0 radical (unpaired) electrons. The van der Waals surface area contributed by atoms with Crippen molar-refractivity contribution in [3.63, 3.8) is 0 Å². The number of nitrogens with one attached hydrogen (secondary N) is 1. The summed E-state index contributed by atoms with van der Waals surface area (Å²) in [4.78, 5) is 15.4. The number of amides is 1. The van der Waals surface area contributed by atoms with Gasteiger partial charge in [0.05, 0.1) is 12.2 Å². The molecule has 1 rings (SSSR count). The fraction of sp³-hybridized carbons (Fsp3) is 0.889. The number of primary amides is 1. The number of rotatable bonds is 4. The number of hydrogen-bond donors (Lipinski definition) is 2. The van der Waals surface area contributed by atoms with Gasteiger partial charge in [-0.15, -0.1) is 0 Å². The average molecular weight is 202 g/mol. The van der Waals surface area contributed by atoms with Crippen LogP contribution >= 0.6 is 0 Å². The molecule has 0 saturated carbocycles. The highest BCUT2D eigenvalue weighted by molar-refractivity contribution is 5.74. The van der Waals surface area contributed by atoms with Crippen molar-refractivity contribution in [2.24, 2.45) is 5.73 Å². The van der Waals surface area contributed by atoms with Crippen LogP contribution in [0.4, 0.5) is 0 Å². The minimum absolute atomic E-state index is 0.0832. The molecule has 82 valence electrons. The van der Waals surface area contributed by atoms with Gasteiger partial charge in [-0.05, 0) is 26.7 Å². The zero-order chi connectivity index (χ0) is 10.6. The van der Waals surface area contributed by atoms with E-state index in [2.05, 4.69) is 5.48 Å². The van der Waals surface area contributed by atoms with Crippen molar-refractivity contribution in [1.29, 1.82) is 0 Å². The number of carbonyl (C=O) groups excluding carboxylic acids is 1. The van der Waals surface area contributed by atoms with Gasteiger partial charge in [0.1, 0.15) is 6.61 Å². The second-order valence-electron chi connectivity index (χ2n) is 3.80. The molecule has 0 aliphatic carbocycles. The van der Waals surface area contributed by atoms with Crippen molar-refractivity contribution in [2.75, 3.05) is 6.61 Å². The van der Waals surface area contributed by atoms with Crippen LogP contribution in [-0.2, 0) is 14.4 Å². The summed E-state index contributed by atoms with van der Waals surface area (Å²) in [5, 5.41) is 0. The van der Waals surface area contributed by atoms with E-state index in [1.54, 1.807) is 0 Å². The lowest BCUT2D eigenvalue weighted by atomic mass is 10.0. The summed E-state index contributed by atoms with van der Waals surface area (Å²) in [6.07, 6.45) is 2.24. The van der Waals surface area contributed by atoms with E-state index in [-0.39, 0.29) is 24.9 Å². The molecule has 1 heterocycles. The maximum atomic E-state index is 10.4. The summed E-state index contributed by atoms with van der Waals surface area (Å²) in [5.41, 5.74) is 7.77. The van der Waals surface area contributed by atoms with Crippen LogP contribution in [0.2, 0.25) is 0 Å². The third kappa shape index (κ3) is 4.04. The molecule has 0 aromatic rings. The lowest BCUT2D eigenvalue weighted by Crippen LogP contribution is -2.42. The minimum atomic E-state index is -0.467. The summed E-state index contributed by atoms with van der Waals surface area (Å²) < 4.78 is 5.56. The van der Waals surface area contributed by atoms with Crippen LogP contribution in [0.25, 0.3) is 0 Å². The third-order valence-corrected chi connectivity index (χ3v) is 2.16. The lowest BCUT2D eigenvalue weighted by molar-refractivity contribution is -0.128. The van der Waals surface area contributed by atoms with Gasteiger partial charge in [0.15, 0.2) is 0 Å². The van der Waals surface area contributed by atoms with Gasteiger partial charge in [0, 0.05) is 6.04 Å². The molecule has 0 bridgehead atoms. The second kappa shape index (κ2) is 5.29. The van der Waals surface area contributed by atoms with Crippen LogP contribution in [0.1, 0.15) is 26.7 Å². The van der Waals surface area contributed by atoms with Crippen molar-refractivity contribution in [3.05, 3.63) is 0 Å². The van der Waals surface area contributed by atoms with Gasteiger partial charge in [-0.2, -0.15) is 5.48 Å². The van der Waals surface area contributed by atoms with E-state index in [0.29, 0.717) is 0 Å². The Morgan fingerprint density at radius 3 is 2.57 bits per heavy atom. The fourth-order valence-corrected chi connectivity index (χ4v) is 1.73. The molecular weight excluding hydrogens is 184 g/mol. The second-order valence-corrected chi connectivity index (χ2v) is 3.80. The van der Waals surface area contributed by atoms with Gasteiger partial charge < -0.3 is 10.5 Å². The Morgan fingerprint density at radius 1 is 1.50 bits per heavy atom. The molecule has 5 nitrogen and oxygen atoms in total. The molecule has 0 spiro atoms. The van der Waals surface area contributed by atoms with E-state index in [1.165, 1.54) is 0 Å². The molecule has 1 saturated heterocycles. The molecule has 1 aliphatic heterocycles. The molecule has 1 amide bonds. The topological polar surface area (TPSA) is 73.6 Å². The predicted molar refractivity (Wildman–Crippen MR) is 51.3 cm³/mol. The average Bonchev–Trinajstić information content (AvgIpc) is 2.01. The molecule has 3 N–H and O–H groups in total. The Morgan fingerprint density at radius 2 is 2.07 bits per heavy atom. The van der Waals surface area contributed by atoms with Crippen LogP contribution in [0.3, 0.4) is 0 Å². The summed E-state index contributed by atoms with van der Waals surface area (Å²) in [5.74, 6) is -0.467. The summed E-state index contributed by atoms with van der Waals surface area (Å²) in [7, 11) is 0. The van der Waals surface area contributed by atoms with E-state index in [0.717, 1.165) is 12.8 Å². The number of carbonyl (C=O) groups is 1. The molecule has 14 heavy (non-hydrogen) atoms. The number of nitrogens with two attached hydrogens (primary N) is 1. The normalized spacial score (nSPS) is 32.9. The predicted octanol–water partition coefficient (Wildman–Crippen LogP) is -0.0511. The van der Waals surface area contributed by atoms with Gasteiger partial charge in [-0.3, -0.25) is 9.63 Å². The molecule has 5 heteroatoms. The zero-order valence-electron chi connectivity index (χ0n) is 8.66. The molecule has 0 aromatic heterocycles. The first-order chi connectivity index (χ1) is 6.58. The smallest absolute Gasteiger partial charge is 0.245 e. The van der Waals surface area contributed by atoms with E-state index in [9.17, 15) is 4.79 Å². The van der Waals surface area contributed by atoms with Gasteiger partial charge in [-0.1, -0.05) is 0 Å². The van der Waals surface area contributed by atoms with E-state index >= 15 is 0 Å². The molecule has 1 aliphatic rings. The number of hydroxylamine groups is 1. The Hall–Kier alpha value is -0.650. The van der Waals surface area contributed by atoms with Crippen LogP contribution < -0.4 is 11.2 Å². The summed E-state index contributed by atoms with van der Waals surface area (Å²) in [6, 6.07) is 0.244. The van der Waals surface area contributed by atoms with E-state index in [1.807, 2.05) is 13.8 Å². The highest BCUT2D eigenvalue weighted by Crippen LogP contribution is 2.18. The van der Waals surface area contributed by atoms with Crippen molar-refractivity contribution >= 4 is 5.91 Å². The standard InChI is InChI=1S/C9H18N2O3/c1-6-3-8(4-7(2)14-6)11-13-5-9(10)12/h6-8,11H,3-5H2,1-2H3,(H2,10,12). The maximum absolute atomic E-state index is 10.4. The van der Waals surface area contributed by atoms with E-state index in [4.69, 9.17) is 15.3 Å². The van der Waals surface area contributed by atoms with Crippen molar-refractivity contribution < 1.29 is 14.4 Å². The SMILES string of the molecule is CC1CC(NOCC(N)=O)CC(C)O1. The van der Waals surface area contributed by atoms with Crippen molar-refractivity contribution in [3.8, 4) is 0 Å². The van der Waals surface area contributed by atoms with Crippen LogP contribution in [0.5, 0.6) is 0 Å². The summed E-state index contributed by atoms with van der Waals surface area (Å²) >= 11 is 0. The quantitative estimate of drug-likeness (QED) is 0.627. The highest BCUT2D eigenvalue weighted by atomic mass is 16.6. The number of ether oxygens (including phenoxy) is 1. The molecular formula is C9H18N2O3. The Bertz CT molecular complexity index is 188. The van der Waals surface area contributed by atoms with E-state index < -0.39 is 5.91 Å². The summed E-state index contributed by atoms with van der Waals surface area (Å²) in [6.45, 7) is 3.97. The van der Waals surface area contributed by atoms with Crippen molar-refractivity contribution in [2.45, 2.75) is 44.9 Å². The van der Waals surface area contributed by atoms with Gasteiger partial charge in [0.25, 0.3) is 0 Å². The lowest BCUT2D eigenvalue weighted by Gasteiger charge is -2.32. The fourth-order valence-electron chi connectivity index (χ4n) is 1.73. The van der Waals surface area contributed by atoms with Crippen LogP contribution in [-0.4, -0.2) is 30.8 Å². The largest absolute Gasteiger partial charge is 0.375 e. The van der Waals surface area contributed by atoms with Gasteiger partial charge in [-0.25, -0.2) is 0 Å². The minimum Gasteiger partial charge on any atom is -0.375 e. The third-order valence-electron chi connectivity index (χ3n) is 2.16. The Kier molecular flexibility index (Phi) is 4.31. The monoisotopic (exact) mass is 202 g/mol. The first-order valence-electron chi connectivity index (χ1n) is 4.89. The van der Waals surface area contributed by atoms with Gasteiger partial charge in [0.2, 0.25) is 5.91 Å². The molecule has 0 aromatic carbocycles. The first kappa shape index (κ1) is 11.4. The molecule has 2 atom stereocenters. The number of hydrogen-bond acceptors (Lipinski definition) is 4. The van der Waals surface area contributed by atoms with Crippen molar-refractivity contribution in [1.82, 2.24) is 5.48 Å². The zero-order valence-corrected chi connectivity index (χ0v) is 8.66. The van der Waals surface area contributed by atoms with Gasteiger partial charge >= 0.3 is 0 Å². The Labute approximate surface area is 83.9 Å². The van der Waals surface area contributed by atoms with Crippen LogP contribution in [0.15, 0.2) is 0 Å². The van der Waals surface area contributed by atoms with Crippen LogP contribution in [0, 0.1) is 0 Å². The Balaban J connectivity index is 2.20.